The number of carbonyl (C=O) groups excluding carboxylic acids is 1. The lowest BCUT2D eigenvalue weighted by Crippen LogP contribution is -2.55. The van der Waals surface area contributed by atoms with Gasteiger partial charge in [-0.2, -0.15) is 0 Å². The Balaban J connectivity index is 2.21. The van der Waals surface area contributed by atoms with E-state index in [4.69, 9.17) is 10.5 Å². The first kappa shape index (κ1) is 15.0. The van der Waals surface area contributed by atoms with E-state index in [1.807, 2.05) is 37.4 Å². The molecule has 4 nitrogen and oxygen atoms in total. The van der Waals surface area contributed by atoms with Crippen LogP contribution < -0.4 is 5.73 Å². The smallest absolute Gasteiger partial charge is 0.331 e. The average molecular weight is 276 g/mol. The van der Waals surface area contributed by atoms with Crippen molar-refractivity contribution < 1.29 is 9.53 Å². The summed E-state index contributed by atoms with van der Waals surface area (Å²) in [6.07, 6.45) is 2.54. The van der Waals surface area contributed by atoms with Gasteiger partial charge in [-0.05, 0) is 38.3 Å². The summed E-state index contributed by atoms with van der Waals surface area (Å²) in [6, 6.07) is 9.90. The van der Waals surface area contributed by atoms with Gasteiger partial charge in [0.25, 0.3) is 0 Å². The van der Waals surface area contributed by atoms with E-state index in [1.54, 1.807) is 0 Å². The van der Waals surface area contributed by atoms with Gasteiger partial charge in [-0.25, -0.2) is 4.79 Å². The van der Waals surface area contributed by atoms with Crippen molar-refractivity contribution in [2.24, 2.45) is 11.7 Å². The Morgan fingerprint density at radius 1 is 1.45 bits per heavy atom. The normalized spacial score (nSPS) is 19.4. The quantitative estimate of drug-likeness (QED) is 0.804. The van der Waals surface area contributed by atoms with E-state index in [-0.39, 0.29) is 0 Å². The number of hydrogen-bond acceptors (Lipinski definition) is 4. The van der Waals surface area contributed by atoms with Gasteiger partial charge >= 0.3 is 5.97 Å². The summed E-state index contributed by atoms with van der Waals surface area (Å²) in [7, 11) is 3.41. The van der Waals surface area contributed by atoms with Crippen LogP contribution >= 0.6 is 0 Å². The predicted molar refractivity (Wildman–Crippen MR) is 79.1 cm³/mol. The number of benzene rings is 1. The maximum absolute atomic E-state index is 12.2. The molecule has 2 atom stereocenters. The first-order valence-corrected chi connectivity index (χ1v) is 7.12. The van der Waals surface area contributed by atoms with Crippen LogP contribution in [0.5, 0.6) is 0 Å². The molecular formula is C16H24N2O2. The zero-order valence-corrected chi connectivity index (χ0v) is 12.5. The molecule has 0 heterocycles. The maximum Gasteiger partial charge on any atom is 0.331 e. The highest BCUT2D eigenvalue weighted by atomic mass is 16.5. The highest BCUT2D eigenvalue weighted by Crippen LogP contribution is 2.35. The van der Waals surface area contributed by atoms with Gasteiger partial charge in [0.15, 0.2) is 5.54 Å². The summed E-state index contributed by atoms with van der Waals surface area (Å²) in [5.74, 6) is 0.344. The van der Waals surface area contributed by atoms with Crippen LogP contribution in [0.25, 0.3) is 0 Å². The fraction of sp³-hybridized carbons (Fsp3) is 0.562. The number of rotatable bonds is 6. The lowest BCUT2D eigenvalue weighted by Gasteiger charge is -2.34. The number of nitrogens with zero attached hydrogens (tertiary/aromatic N) is 1. The molecule has 1 aliphatic carbocycles. The second kappa shape index (κ2) is 5.94. The molecule has 110 valence electrons. The van der Waals surface area contributed by atoms with Crippen molar-refractivity contribution in [1.29, 1.82) is 0 Å². The summed E-state index contributed by atoms with van der Waals surface area (Å²) in [5.41, 5.74) is 6.09. The lowest BCUT2D eigenvalue weighted by molar-refractivity contribution is -0.148. The number of ether oxygens (including phenoxy) is 1. The van der Waals surface area contributed by atoms with Crippen LogP contribution in [0.1, 0.15) is 25.3 Å². The van der Waals surface area contributed by atoms with Gasteiger partial charge < -0.3 is 15.4 Å². The van der Waals surface area contributed by atoms with Crippen LogP contribution in [0.15, 0.2) is 30.3 Å². The van der Waals surface area contributed by atoms with Crippen molar-refractivity contribution >= 4 is 5.97 Å². The van der Waals surface area contributed by atoms with Gasteiger partial charge in [0.2, 0.25) is 0 Å². The van der Waals surface area contributed by atoms with E-state index in [1.165, 1.54) is 20.0 Å². The number of carbonyl (C=O) groups is 1. The lowest BCUT2D eigenvalue weighted by atomic mass is 9.90. The van der Waals surface area contributed by atoms with Crippen molar-refractivity contribution in [3.05, 3.63) is 35.9 Å². The van der Waals surface area contributed by atoms with Crippen molar-refractivity contribution in [3.63, 3.8) is 0 Å². The topological polar surface area (TPSA) is 55.6 Å². The molecule has 0 amide bonds. The fourth-order valence-electron chi connectivity index (χ4n) is 2.67. The SMILES string of the molecule is COC(=O)C(N)(CN(C)C(C)C1CC1)c1ccccc1. The van der Waals surface area contributed by atoms with Gasteiger partial charge in [0, 0.05) is 12.6 Å². The molecule has 1 aromatic carbocycles. The first-order valence-electron chi connectivity index (χ1n) is 7.12. The maximum atomic E-state index is 12.2. The molecule has 0 spiro atoms. The summed E-state index contributed by atoms with van der Waals surface area (Å²) < 4.78 is 4.94. The second-order valence-electron chi connectivity index (χ2n) is 5.82. The van der Waals surface area contributed by atoms with E-state index in [0.717, 1.165) is 11.5 Å². The molecular weight excluding hydrogens is 252 g/mol. The van der Waals surface area contributed by atoms with Gasteiger partial charge in [-0.15, -0.1) is 0 Å². The molecule has 4 heteroatoms. The third kappa shape index (κ3) is 3.02. The molecule has 1 aliphatic rings. The third-order valence-electron chi connectivity index (χ3n) is 4.34. The molecule has 1 saturated carbocycles. The minimum Gasteiger partial charge on any atom is -0.467 e. The monoisotopic (exact) mass is 276 g/mol. The van der Waals surface area contributed by atoms with Gasteiger partial charge in [-0.3, -0.25) is 0 Å². The summed E-state index contributed by atoms with van der Waals surface area (Å²) in [6.45, 7) is 2.65. The molecule has 0 aromatic heterocycles. The number of esters is 1. The van der Waals surface area contributed by atoms with Gasteiger partial charge in [-0.1, -0.05) is 30.3 Å². The number of methoxy groups -OCH3 is 1. The average Bonchev–Trinajstić information content (AvgIpc) is 3.30. The van der Waals surface area contributed by atoms with E-state index >= 15 is 0 Å². The van der Waals surface area contributed by atoms with Crippen molar-refractivity contribution in [2.45, 2.75) is 31.3 Å². The zero-order valence-electron chi connectivity index (χ0n) is 12.5. The Kier molecular flexibility index (Phi) is 4.45. The zero-order chi connectivity index (χ0) is 14.8. The molecule has 2 rings (SSSR count). The van der Waals surface area contributed by atoms with Crippen LogP contribution in [-0.4, -0.2) is 37.6 Å². The summed E-state index contributed by atoms with van der Waals surface area (Å²) >= 11 is 0. The van der Waals surface area contributed by atoms with E-state index in [2.05, 4.69) is 11.8 Å². The van der Waals surface area contributed by atoms with Gasteiger partial charge in [0.1, 0.15) is 0 Å². The van der Waals surface area contributed by atoms with E-state index in [0.29, 0.717) is 12.6 Å². The Hall–Kier alpha value is -1.39. The second-order valence-corrected chi connectivity index (χ2v) is 5.82. The molecule has 0 saturated heterocycles. The highest BCUT2D eigenvalue weighted by molar-refractivity contribution is 5.82. The van der Waals surface area contributed by atoms with Gasteiger partial charge in [0.05, 0.1) is 7.11 Å². The standard InChI is InChI=1S/C16H24N2O2/c1-12(13-9-10-13)18(2)11-16(17,15(19)20-3)14-7-5-4-6-8-14/h4-8,12-13H,9-11,17H2,1-3H3. The third-order valence-corrected chi connectivity index (χ3v) is 4.34. The number of nitrogens with two attached hydrogens (primary N) is 1. The summed E-state index contributed by atoms with van der Waals surface area (Å²) in [4.78, 5) is 14.4. The van der Waals surface area contributed by atoms with E-state index < -0.39 is 11.5 Å². The Bertz CT molecular complexity index is 459. The van der Waals surface area contributed by atoms with Crippen LogP contribution in [0.2, 0.25) is 0 Å². The number of likely N-dealkylation sites (N-methyl/N-ethyl adjacent to an activating group) is 1. The molecule has 0 radical (unpaired) electrons. The Morgan fingerprint density at radius 2 is 2.05 bits per heavy atom. The number of hydrogen-bond donors (Lipinski definition) is 1. The molecule has 20 heavy (non-hydrogen) atoms. The van der Waals surface area contributed by atoms with E-state index in [9.17, 15) is 4.79 Å². The Labute approximate surface area is 120 Å². The first-order chi connectivity index (χ1) is 9.49. The molecule has 1 fully saturated rings. The minimum atomic E-state index is -1.12. The molecule has 2 unspecified atom stereocenters. The van der Waals surface area contributed by atoms with Crippen molar-refractivity contribution in [2.75, 3.05) is 20.7 Å². The molecule has 0 aliphatic heterocycles. The largest absolute Gasteiger partial charge is 0.467 e. The van der Waals surface area contributed by atoms with Crippen LogP contribution in [0, 0.1) is 5.92 Å². The molecule has 0 bridgehead atoms. The van der Waals surface area contributed by atoms with Crippen molar-refractivity contribution in [1.82, 2.24) is 4.90 Å². The fourth-order valence-corrected chi connectivity index (χ4v) is 2.67. The predicted octanol–water partition coefficient (Wildman–Crippen LogP) is 1.74. The van der Waals surface area contributed by atoms with Crippen LogP contribution in [-0.2, 0) is 15.1 Å². The Morgan fingerprint density at radius 3 is 2.55 bits per heavy atom. The minimum absolute atomic E-state index is 0.390. The molecule has 1 aromatic rings. The van der Waals surface area contributed by atoms with Crippen LogP contribution in [0.3, 0.4) is 0 Å². The highest BCUT2D eigenvalue weighted by Gasteiger charge is 2.41. The van der Waals surface area contributed by atoms with Crippen LogP contribution in [0.4, 0.5) is 0 Å². The molecule has 2 N–H and O–H groups in total. The summed E-state index contributed by atoms with van der Waals surface area (Å²) in [5, 5.41) is 0. The van der Waals surface area contributed by atoms with Crippen molar-refractivity contribution in [3.8, 4) is 0 Å².